The Morgan fingerprint density at radius 3 is 2.43 bits per heavy atom. The lowest BCUT2D eigenvalue weighted by atomic mass is 9.89. The Morgan fingerprint density at radius 1 is 1.14 bits per heavy atom. The van der Waals surface area contributed by atoms with Gasteiger partial charge in [0.1, 0.15) is 30.5 Å². The van der Waals surface area contributed by atoms with Gasteiger partial charge in [-0.1, -0.05) is 29.8 Å². The van der Waals surface area contributed by atoms with Crippen LogP contribution >= 0.6 is 11.6 Å². The Labute approximate surface area is 127 Å². The zero-order chi connectivity index (χ0) is 15.6. The van der Waals surface area contributed by atoms with Crippen molar-refractivity contribution in [3.05, 3.63) is 34.9 Å². The molecule has 6 nitrogen and oxygen atoms in total. The second-order valence-electron chi connectivity index (χ2n) is 5.25. The van der Waals surface area contributed by atoms with Crippen LogP contribution in [0.15, 0.2) is 24.3 Å². The van der Waals surface area contributed by atoms with Crippen LogP contribution < -0.4 is 5.73 Å². The average molecular weight is 318 g/mol. The minimum absolute atomic E-state index is 0.336. The number of aliphatic hydroxyl groups excluding tert-OH is 4. The van der Waals surface area contributed by atoms with Gasteiger partial charge in [-0.25, -0.2) is 0 Å². The number of ether oxygens (including phenoxy) is 1. The van der Waals surface area contributed by atoms with Gasteiger partial charge in [-0.15, -0.1) is 0 Å². The maximum atomic E-state index is 10.0. The van der Waals surface area contributed by atoms with Crippen molar-refractivity contribution in [2.45, 2.75) is 43.0 Å². The summed E-state index contributed by atoms with van der Waals surface area (Å²) in [6.45, 7) is -0.472. The first kappa shape index (κ1) is 16.6. The van der Waals surface area contributed by atoms with Gasteiger partial charge in [0.25, 0.3) is 0 Å². The van der Waals surface area contributed by atoms with E-state index in [1.54, 1.807) is 12.1 Å². The molecule has 2 rings (SSSR count). The molecule has 1 aromatic rings. The minimum Gasteiger partial charge on any atom is -0.394 e. The molecule has 0 aromatic heterocycles. The van der Waals surface area contributed by atoms with E-state index in [9.17, 15) is 15.3 Å². The van der Waals surface area contributed by atoms with Gasteiger partial charge < -0.3 is 30.9 Å². The van der Waals surface area contributed by atoms with Crippen LogP contribution in [0.4, 0.5) is 0 Å². The first-order valence-corrected chi connectivity index (χ1v) is 7.13. The van der Waals surface area contributed by atoms with E-state index in [1.165, 1.54) is 0 Å². The van der Waals surface area contributed by atoms with Gasteiger partial charge in [-0.05, 0) is 18.1 Å². The summed E-state index contributed by atoms with van der Waals surface area (Å²) >= 11 is 6.06. The number of rotatable bonds is 4. The van der Waals surface area contributed by atoms with E-state index in [1.807, 2.05) is 12.1 Å². The largest absolute Gasteiger partial charge is 0.394 e. The molecule has 0 aliphatic carbocycles. The molecule has 1 aromatic carbocycles. The molecule has 0 saturated carbocycles. The Balaban J connectivity index is 2.10. The summed E-state index contributed by atoms with van der Waals surface area (Å²) in [5.41, 5.74) is 6.84. The van der Waals surface area contributed by atoms with E-state index < -0.39 is 43.2 Å². The number of halogens is 1. The molecular weight excluding hydrogens is 298 g/mol. The van der Waals surface area contributed by atoms with Gasteiger partial charge in [0.05, 0.1) is 6.61 Å². The zero-order valence-corrected chi connectivity index (χ0v) is 12.1. The highest BCUT2D eigenvalue weighted by Crippen LogP contribution is 2.25. The third-order valence-electron chi connectivity index (χ3n) is 3.76. The molecule has 118 valence electrons. The van der Waals surface area contributed by atoms with Gasteiger partial charge in [0, 0.05) is 11.1 Å². The monoisotopic (exact) mass is 317 g/mol. The quantitative estimate of drug-likeness (QED) is 0.489. The Kier molecular flexibility index (Phi) is 5.56. The second kappa shape index (κ2) is 7.02. The molecule has 1 saturated heterocycles. The van der Waals surface area contributed by atoms with Crippen LogP contribution in [0.25, 0.3) is 0 Å². The van der Waals surface area contributed by atoms with Crippen LogP contribution in [-0.2, 0) is 11.2 Å². The van der Waals surface area contributed by atoms with Crippen LogP contribution in [-0.4, -0.2) is 63.6 Å². The predicted octanol–water partition coefficient (Wildman–Crippen LogP) is -0.948. The molecule has 0 amide bonds. The standard InChI is InChI=1S/C14H20ClNO5/c15-8-4-2-1-3-7(8)5-9(16)14-13(20)12(19)11(18)10(6-17)21-14/h1-4,9-14,17-20H,5-6,16H2/t9?,10-,11-,12+,13-,14+/m1/s1. The summed E-state index contributed by atoms with van der Waals surface area (Å²) in [6.07, 6.45) is -5.66. The summed E-state index contributed by atoms with van der Waals surface area (Å²) in [5.74, 6) is 0. The molecule has 6 N–H and O–H groups in total. The normalized spacial score (nSPS) is 34.7. The second-order valence-corrected chi connectivity index (χ2v) is 5.66. The maximum Gasteiger partial charge on any atom is 0.111 e. The highest BCUT2D eigenvalue weighted by molar-refractivity contribution is 6.31. The Hall–Kier alpha value is -0.730. The van der Waals surface area contributed by atoms with Gasteiger partial charge in [0.2, 0.25) is 0 Å². The predicted molar refractivity (Wildman–Crippen MR) is 76.9 cm³/mol. The van der Waals surface area contributed by atoms with Crippen molar-refractivity contribution >= 4 is 11.6 Å². The third kappa shape index (κ3) is 3.54. The molecule has 0 bridgehead atoms. The summed E-state index contributed by atoms with van der Waals surface area (Å²) in [4.78, 5) is 0. The van der Waals surface area contributed by atoms with E-state index in [0.717, 1.165) is 5.56 Å². The summed E-state index contributed by atoms with van der Waals surface area (Å²) < 4.78 is 5.43. The fourth-order valence-corrected chi connectivity index (χ4v) is 2.73. The molecule has 1 unspecified atom stereocenters. The topological polar surface area (TPSA) is 116 Å². The minimum atomic E-state index is -1.42. The smallest absolute Gasteiger partial charge is 0.111 e. The van der Waals surface area contributed by atoms with E-state index in [0.29, 0.717) is 11.4 Å². The van der Waals surface area contributed by atoms with Crippen LogP contribution in [0, 0.1) is 0 Å². The maximum absolute atomic E-state index is 10.0. The number of hydrogen-bond acceptors (Lipinski definition) is 6. The molecule has 6 atom stereocenters. The molecule has 1 aliphatic rings. The highest BCUT2D eigenvalue weighted by Gasteiger charge is 2.45. The average Bonchev–Trinajstić information content (AvgIpc) is 2.47. The number of aliphatic hydroxyl groups is 4. The summed E-state index contributed by atoms with van der Waals surface area (Å²) in [5, 5.41) is 39.2. The zero-order valence-electron chi connectivity index (χ0n) is 11.3. The Morgan fingerprint density at radius 2 is 1.81 bits per heavy atom. The lowest BCUT2D eigenvalue weighted by Crippen LogP contribution is -2.63. The fraction of sp³-hybridized carbons (Fsp3) is 0.571. The third-order valence-corrected chi connectivity index (χ3v) is 4.13. The molecule has 0 spiro atoms. The fourth-order valence-electron chi connectivity index (χ4n) is 2.52. The Bertz CT molecular complexity index is 472. The van der Waals surface area contributed by atoms with Gasteiger partial charge in [0.15, 0.2) is 0 Å². The number of hydrogen-bond donors (Lipinski definition) is 5. The molecular formula is C14H20ClNO5. The van der Waals surface area contributed by atoms with Crippen LogP contribution in [0.3, 0.4) is 0 Å². The van der Waals surface area contributed by atoms with Crippen molar-refractivity contribution in [1.29, 1.82) is 0 Å². The highest BCUT2D eigenvalue weighted by atomic mass is 35.5. The van der Waals surface area contributed by atoms with E-state index in [-0.39, 0.29) is 0 Å². The molecule has 1 fully saturated rings. The van der Waals surface area contributed by atoms with Crippen LogP contribution in [0.1, 0.15) is 5.56 Å². The first-order chi connectivity index (χ1) is 9.95. The molecule has 1 heterocycles. The van der Waals surface area contributed by atoms with Crippen molar-refractivity contribution in [1.82, 2.24) is 0 Å². The lowest BCUT2D eigenvalue weighted by Gasteiger charge is -2.42. The van der Waals surface area contributed by atoms with Crippen molar-refractivity contribution in [2.75, 3.05) is 6.61 Å². The van der Waals surface area contributed by atoms with Gasteiger partial charge >= 0.3 is 0 Å². The van der Waals surface area contributed by atoms with Crippen LogP contribution in [0.2, 0.25) is 5.02 Å². The number of benzene rings is 1. The molecule has 1 aliphatic heterocycles. The first-order valence-electron chi connectivity index (χ1n) is 6.75. The SMILES string of the molecule is NC(Cc1ccccc1Cl)[C@@H]1O[C@H](CO)[C@@H](O)[C@H](O)[C@H]1O. The molecule has 7 heteroatoms. The summed E-state index contributed by atoms with van der Waals surface area (Å²) in [7, 11) is 0. The van der Waals surface area contributed by atoms with Gasteiger partial charge in [-0.3, -0.25) is 0 Å². The van der Waals surface area contributed by atoms with Gasteiger partial charge in [-0.2, -0.15) is 0 Å². The summed E-state index contributed by atoms with van der Waals surface area (Å²) in [6, 6.07) is 6.52. The van der Waals surface area contributed by atoms with E-state index in [4.69, 9.17) is 27.2 Å². The molecule has 21 heavy (non-hydrogen) atoms. The van der Waals surface area contributed by atoms with Crippen molar-refractivity contribution in [3.63, 3.8) is 0 Å². The van der Waals surface area contributed by atoms with Crippen molar-refractivity contribution in [2.24, 2.45) is 5.73 Å². The van der Waals surface area contributed by atoms with Crippen molar-refractivity contribution < 1.29 is 25.2 Å². The number of nitrogens with two attached hydrogens (primary N) is 1. The van der Waals surface area contributed by atoms with Crippen LogP contribution in [0.5, 0.6) is 0 Å². The van der Waals surface area contributed by atoms with E-state index >= 15 is 0 Å². The van der Waals surface area contributed by atoms with Crippen molar-refractivity contribution in [3.8, 4) is 0 Å². The molecule has 0 radical (unpaired) electrons. The van der Waals surface area contributed by atoms with E-state index in [2.05, 4.69) is 0 Å². The lowest BCUT2D eigenvalue weighted by molar-refractivity contribution is -0.233.